The highest BCUT2D eigenvalue weighted by molar-refractivity contribution is 6.33. The number of rotatable bonds is 7. The molecule has 0 atom stereocenters. The summed E-state index contributed by atoms with van der Waals surface area (Å²) in [5.41, 5.74) is 2.55. The first kappa shape index (κ1) is 19.1. The van der Waals surface area contributed by atoms with Crippen LogP contribution in [0.4, 0.5) is 11.4 Å². The van der Waals surface area contributed by atoms with Crippen molar-refractivity contribution in [3.8, 4) is 5.75 Å². The third-order valence-electron chi connectivity index (χ3n) is 3.77. The first-order valence-corrected chi connectivity index (χ1v) is 9.12. The van der Waals surface area contributed by atoms with Crippen molar-refractivity contribution < 1.29 is 9.53 Å². The molecule has 3 aromatic carbocycles. The second kappa shape index (κ2) is 9.31. The topological polar surface area (TPSA) is 50.4 Å². The van der Waals surface area contributed by atoms with Crippen molar-refractivity contribution >= 4 is 40.5 Å². The zero-order chi connectivity index (χ0) is 19.1. The van der Waals surface area contributed by atoms with Crippen molar-refractivity contribution in [1.82, 2.24) is 0 Å². The number of hydrogen-bond acceptors (Lipinski definition) is 3. The number of para-hydroxylation sites is 2. The molecule has 0 fully saturated rings. The largest absolute Gasteiger partial charge is 0.482 e. The molecular weight excluding hydrogens is 383 g/mol. The number of halogens is 2. The summed E-state index contributed by atoms with van der Waals surface area (Å²) in [5, 5.41) is 7.12. The van der Waals surface area contributed by atoms with Crippen LogP contribution in [0.2, 0.25) is 10.0 Å². The fraction of sp³-hybridized carbons (Fsp3) is 0.0952. The summed E-state index contributed by atoms with van der Waals surface area (Å²) in [6, 6.07) is 22.2. The fourth-order valence-electron chi connectivity index (χ4n) is 2.44. The number of amides is 1. The van der Waals surface area contributed by atoms with Gasteiger partial charge in [0.2, 0.25) is 0 Å². The minimum atomic E-state index is -0.248. The second-order valence-electron chi connectivity index (χ2n) is 5.80. The minimum absolute atomic E-state index is 0.119. The lowest BCUT2D eigenvalue weighted by Crippen LogP contribution is -2.20. The Kier molecular flexibility index (Phi) is 6.58. The summed E-state index contributed by atoms with van der Waals surface area (Å²) in [6.45, 7) is 0.448. The second-order valence-corrected chi connectivity index (χ2v) is 6.62. The lowest BCUT2D eigenvalue weighted by molar-refractivity contribution is -0.118. The molecule has 0 radical (unpaired) electrons. The summed E-state index contributed by atoms with van der Waals surface area (Å²) < 4.78 is 5.52. The maximum absolute atomic E-state index is 12.0. The SMILES string of the molecule is O=C(COc1ccc(CNc2ccccc2Cl)cc1Cl)Nc1ccccc1. The number of hydrogen-bond donors (Lipinski definition) is 2. The normalized spacial score (nSPS) is 10.3. The number of nitrogens with one attached hydrogen (secondary N) is 2. The van der Waals surface area contributed by atoms with Gasteiger partial charge in [0.1, 0.15) is 5.75 Å². The third kappa shape index (κ3) is 5.64. The van der Waals surface area contributed by atoms with Crippen molar-refractivity contribution in [2.75, 3.05) is 17.2 Å². The molecule has 0 heterocycles. The summed E-state index contributed by atoms with van der Waals surface area (Å²) in [6.07, 6.45) is 0. The highest BCUT2D eigenvalue weighted by Gasteiger charge is 2.08. The first-order chi connectivity index (χ1) is 13.1. The molecule has 0 spiro atoms. The Bertz CT molecular complexity index is 917. The molecule has 27 heavy (non-hydrogen) atoms. The van der Waals surface area contributed by atoms with Crippen LogP contribution in [0.3, 0.4) is 0 Å². The van der Waals surface area contributed by atoms with Crippen molar-refractivity contribution in [2.24, 2.45) is 0 Å². The molecule has 3 rings (SSSR count). The van der Waals surface area contributed by atoms with Crippen LogP contribution in [0.5, 0.6) is 5.75 Å². The van der Waals surface area contributed by atoms with E-state index in [4.69, 9.17) is 27.9 Å². The highest BCUT2D eigenvalue weighted by Crippen LogP contribution is 2.27. The van der Waals surface area contributed by atoms with Crippen molar-refractivity contribution in [1.29, 1.82) is 0 Å². The van der Waals surface area contributed by atoms with Gasteiger partial charge in [0.15, 0.2) is 6.61 Å². The van der Waals surface area contributed by atoms with Crippen LogP contribution >= 0.6 is 23.2 Å². The molecule has 0 aromatic heterocycles. The van der Waals surface area contributed by atoms with Crippen molar-refractivity contribution in [2.45, 2.75) is 6.54 Å². The van der Waals surface area contributed by atoms with E-state index >= 15 is 0 Å². The van der Waals surface area contributed by atoms with E-state index in [1.54, 1.807) is 12.1 Å². The molecule has 3 aromatic rings. The summed E-state index contributed by atoms with van der Waals surface area (Å²) in [5.74, 6) is 0.211. The number of ether oxygens (including phenoxy) is 1. The quantitative estimate of drug-likeness (QED) is 0.540. The van der Waals surface area contributed by atoms with Crippen molar-refractivity contribution in [3.63, 3.8) is 0 Å². The van der Waals surface area contributed by atoms with E-state index in [-0.39, 0.29) is 12.5 Å². The Hall–Kier alpha value is -2.69. The zero-order valence-electron chi connectivity index (χ0n) is 14.4. The molecule has 0 bridgehead atoms. The predicted molar refractivity (Wildman–Crippen MR) is 111 cm³/mol. The zero-order valence-corrected chi connectivity index (χ0v) is 15.9. The van der Waals surface area contributed by atoms with Gasteiger partial charge in [-0.2, -0.15) is 0 Å². The Labute approximate surface area is 168 Å². The Morgan fingerprint density at radius 3 is 2.37 bits per heavy atom. The third-order valence-corrected chi connectivity index (χ3v) is 4.39. The number of carbonyl (C=O) groups excluding carboxylic acids is 1. The molecule has 6 heteroatoms. The summed E-state index contributed by atoms with van der Waals surface area (Å²) in [4.78, 5) is 12.0. The summed E-state index contributed by atoms with van der Waals surface area (Å²) in [7, 11) is 0. The monoisotopic (exact) mass is 400 g/mol. The lowest BCUT2D eigenvalue weighted by Gasteiger charge is -2.11. The Morgan fingerprint density at radius 1 is 0.889 bits per heavy atom. The molecule has 0 unspecified atom stereocenters. The van der Waals surface area contributed by atoms with Gasteiger partial charge in [0.25, 0.3) is 5.91 Å². The number of anilines is 2. The smallest absolute Gasteiger partial charge is 0.262 e. The van der Waals surface area contributed by atoms with E-state index < -0.39 is 0 Å². The minimum Gasteiger partial charge on any atom is -0.482 e. The molecule has 0 aliphatic heterocycles. The molecule has 2 N–H and O–H groups in total. The predicted octanol–water partition coefficient (Wildman–Crippen LogP) is 5.62. The van der Waals surface area contributed by atoms with Gasteiger partial charge < -0.3 is 15.4 Å². The molecule has 0 saturated carbocycles. The molecule has 138 valence electrons. The average molecular weight is 401 g/mol. The van der Waals surface area contributed by atoms with E-state index in [9.17, 15) is 4.79 Å². The fourth-order valence-corrected chi connectivity index (χ4v) is 2.90. The highest BCUT2D eigenvalue weighted by atomic mass is 35.5. The van der Waals surface area contributed by atoms with E-state index in [0.717, 1.165) is 16.9 Å². The van der Waals surface area contributed by atoms with Gasteiger partial charge in [0, 0.05) is 12.2 Å². The van der Waals surface area contributed by atoms with Crippen LogP contribution in [0, 0.1) is 0 Å². The standard InChI is InChI=1S/C21H18Cl2N2O2/c22-17-8-4-5-9-19(17)24-13-15-10-11-20(18(23)12-15)27-14-21(26)25-16-6-2-1-3-7-16/h1-12,24H,13-14H2,(H,25,26). The Balaban J connectivity index is 1.53. The molecule has 0 saturated heterocycles. The van der Waals surface area contributed by atoms with E-state index in [0.29, 0.717) is 22.3 Å². The van der Waals surface area contributed by atoms with Crippen LogP contribution in [0.1, 0.15) is 5.56 Å². The summed E-state index contributed by atoms with van der Waals surface area (Å²) >= 11 is 12.4. The molecular formula is C21H18Cl2N2O2. The van der Waals surface area contributed by atoms with Gasteiger partial charge in [-0.15, -0.1) is 0 Å². The Morgan fingerprint density at radius 2 is 1.63 bits per heavy atom. The van der Waals surface area contributed by atoms with Crippen LogP contribution in [0.25, 0.3) is 0 Å². The van der Waals surface area contributed by atoms with Crippen LogP contribution < -0.4 is 15.4 Å². The van der Waals surface area contributed by atoms with Crippen LogP contribution in [-0.2, 0) is 11.3 Å². The number of carbonyl (C=O) groups is 1. The first-order valence-electron chi connectivity index (χ1n) is 8.36. The maximum Gasteiger partial charge on any atom is 0.262 e. The average Bonchev–Trinajstić information content (AvgIpc) is 2.67. The molecule has 1 amide bonds. The van der Waals surface area contributed by atoms with Gasteiger partial charge in [-0.25, -0.2) is 0 Å². The van der Waals surface area contributed by atoms with Gasteiger partial charge in [-0.3, -0.25) is 4.79 Å². The van der Waals surface area contributed by atoms with E-state index in [1.807, 2.05) is 60.7 Å². The van der Waals surface area contributed by atoms with E-state index in [1.165, 1.54) is 0 Å². The van der Waals surface area contributed by atoms with Gasteiger partial charge in [-0.05, 0) is 42.0 Å². The molecule has 4 nitrogen and oxygen atoms in total. The van der Waals surface area contributed by atoms with Crippen LogP contribution in [0.15, 0.2) is 72.8 Å². The van der Waals surface area contributed by atoms with E-state index in [2.05, 4.69) is 10.6 Å². The molecule has 0 aliphatic rings. The van der Waals surface area contributed by atoms with Gasteiger partial charge in [-0.1, -0.05) is 59.6 Å². The van der Waals surface area contributed by atoms with Gasteiger partial charge in [0.05, 0.1) is 15.7 Å². The lowest BCUT2D eigenvalue weighted by atomic mass is 10.2. The van der Waals surface area contributed by atoms with Crippen molar-refractivity contribution in [3.05, 3.63) is 88.4 Å². The molecule has 0 aliphatic carbocycles. The number of benzene rings is 3. The maximum atomic E-state index is 12.0. The van der Waals surface area contributed by atoms with Crippen LogP contribution in [-0.4, -0.2) is 12.5 Å². The van der Waals surface area contributed by atoms with Gasteiger partial charge >= 0.3 is 0 Å².